The van der Waals surface area contributed by atoms with Crippen LogP contribution in [0.5, 0.6) is 0 Å². The summed E-state index contributed by atoms with van der Waals surface area (Å²) >= 11 is 0. The first kappa shape index (κ1) is 13.6. The van der Waals surface area contributed by atoms with Gasteiger partial charge in [0.05, 0.1) is 6.54 Å². The number of nitrogens with zero attached hydrogens (tertiary/aromatic N) is 3. The second kappa shape index (κ2) is 5.75. The SMILES string of the molecule is CNc1ncnc(N(C)CC(F)F)c1C(C)C. The Hall–Kier alpha value is -1.46. The molecule has 17 heavy (non-hydrogen) atoms. The van der Waals surface area contributed by atoms with Crippen LogP contribution < -0.4 is 10.2 Å². The van der Waals surface area contributed by atoms with Crippen LogP contribution in [-0.2, 0) is 0 Å². The van der Waals surface area contributed by atoms with Crippen LogP contribution in [0.25, 0.3) is 0 Å². The number of hydrogen-bond donors (Lipinski definition) is 1. The third-order valence-electron chi connectivity index (χ3n) is 2.45. The third kappa shape index (κ3) is 3.25. The van der Waals surface area contributed by atoms with Gasteiger partial charge in [-0.3, -0.25) is 0 Å². The molecule has 1 aromatic rings. The van der Waals surface area contributed by atoms with E-state index in [9.17, 15) is 8.78 Å². The smallest absolute Gasteiger partial charge is 0.255 e. The van der Waals surface area contributed by atoms with E-state index in [0.29, 0.717) is 11.6 Å². The Morgan fingerprint density at radius 1 is 1.35 bits per heavy atom. The Kier molecular flexibility index (Phi) is 4.60. The molecule has 0 aliphatic carbocycles. The molecule has 1 heterocycles. The van der Waals surface area contributed by atoms with Crippen LogP contribution in [-0.4, -0.2) is 37.0 Å². The lowest BCUT2D eigenvalue weighted by Gasteiger charge is -2.23. The lowest BCUT2D eigenvalue weighted by Crippen LogP contribution is -2.26. The van der Waals surface area contributed by atoms with E-state index < -0.39 is 6.43 Å². The molecule has 0 aliphatic rings. The van der Waals surface area contributed by atoms with E-state index in [0.717, 1.165) is 5.56 Å². The highest BCUT2D eigenvalue weighted by Gasteiger charge is 2.19. The number of aromatic nitrogens is 2. The molecular weight excluding hydrogens is 226 g/mol. The monoisotopic (exact) mass is 244 g/mol. The molecule has 0 saturated carbocycles. The molecule has 0 saturated heterocycles. The van der Waals surface area contributed by atoms with Crippen LogP contribution >= 0.6 is 0 Å². The van der Waals surface area contributed by atoms with Crippen molar-refractivity contribution in [2.75, 3.05) is 30.9 Å². The zero-order valence-corrected chi connectivity index (χ0v) is 10.5. The summed E-state index contributed by atoms with van der Waals surface area (Å²) in [5, 5.41) is 2.96. The average Bonchev–Trinajstić information content (AvgIpc) is 2.26. The fraction of sp³-hybridized carbons (Fsp3) is 0.636. The number of nitrogens with one attached hydrogen (secondary N) is 1. The second-order valence-corrected chi connectivity index (χ2v) is 4.14. The zero-order valence-electron chi connectivity index (χ0n) is 10.5. The number of rotatable bonds is 5. The Balaban J connectivity index is 3.13. The lowest BCUT2D eigenvalue weighted by molar-refractivity contribution is 0.156. The molecule has 0 atom stereocenters. The maximum Gasteiger partial charge on any atom is 0.255 e. The maximum absolute atomic E-state index is 12.4. The van der Waals surface area contributed by atoms with E-state index in [1.165, 1.54) is 11.2 Å². The van der Waals surface area contributed by atoms with Crippen molar-refractivity contribution in [3.63, 3.8) is 0 Å². The van der Waals surface area contributed by atoms with Crippen molar-refractivity contribution in [2.45, 2.75) is 26.2 Å². The van der Waals surface area contributed by atoms with Crippen molar-refractivity contribution in [3.05, 3.63) is 11.9 Å². The lowest BCUT2D eigenvalue weighted by atomic mass is 10.0. The van der Waals surface area contributed by atoms with Gasteiger partial charge in [0.25, 0.3) is 6.43 Å². The van der Waals surface area contributed by atoms with Gasteiger partial charge in [-0.15, -0.1) is 0 Å². The predicted molar refractivity (Wildman–Crippen MR) is 64.9 cm³/mol. The van der Waals surface area contributed by atoms with Crippen LogP contribution in [0.2, 0.25) is 0 Å². The second-order valence-electron chi connectivity index (χ2n) is 4.14. The summed E-state index contributed by atoms with van der Waals surface area (Å²) in [7, 11) is 3.37. The summed E-state index contributed by atoms with van der Waals surface area (Å²) in [5.41, 5.74) is 0.859. The van der Waals surface area contributed by atoms with Crippen molar-refractivity contribution in [2.24, 2.45) is 0 Å². The molecule has 0 aromatic carbocycles. The van der Waals surface area contributed by atoms with E-state index in [1.807, 2.05) is 13.8 Å². The van der Waals surface area contributed by atoms with Gasteiger partial charge in [-0.05, 0) is 5.92 Å². The number of anilines is 2. The average molecular weight is 244 g/mol. The molecule has 0 radical (unpaired) electrons. The number of hydrogen-bond acceptors (Lipinski definition) is 4. The van der Waals surface area contributed by atoms with Crippen LogP contribution in [0.4, 0.5) is 20.4 Å². The van der Waals surface area contributed by atoms with Gasteiger partial charge >= 0.3 is 0 Å². The highest BCUT2D eigenvalue weighted by atomic mass is 19.3. The quantitative estimate of drug-likeness (QED) is 0.863. The van der Waals surface area contributed by atoms with Crippen molar-refractivity contribution in [1.82, 2.24) is 9.97 Å². The van der Waals surface area contributed by atoms with Gasteiger partial charge in [-0.25, -0.2) is 18.7 Å². The van der Waals surface area contributed by atoms with Crippen LogP contribution in [0.3, 0.4) is 0 Å². The first-order valence-corrected chi connectivity index (χ1v) is 5.49. The molecule has 1 rings (SSSR count). The molecule has 0 bridgehead atoms. The van der Waals surface area contributed by atoms with Crippen molar-refractivity contribution in [1.29, 1.82) is 0 Å². The van der Waals surface area contributed by atoms with Gasteiger partial charge in [-0.2, -0.15) is 0 Å². The van der Waals surface area contributed by atoms with Crippen molar-refractivity contribution >= 4 is 11.6 Å². The predicted octanol–water partition coefficient (Wildman–Crippen LogP) is 2.34. The summed E-state index contributed by atoms with van der Waals surface area (Å²) < 4.78 is 24.8. The molecule has 0 unspecified atom stereocenters. The number of halogens is 2. The highest BCUT2D eigenvalue weighted by Crippen LogP contribution is 2.30. The molecule has 0 amide bonds. The number of alkyl halides is 2. The fourth-order valence-electron chi connectivity index (χ4n) is 1.71. The van der Waals surface area contributed by atoms with E-state index in [1.54, 1.807) is 14.1 Å². The topological polar surface area (TPSA) is 41.1 Å². The highest BCUT2D eigenvalue weighted by molar-refractivity contribution is 5.59. The summed E-state index contributed by atoms with van der Waals surface area (Å²) in [4.78, 5) is 9.67. The van der Waals surface area contributed by atoms with Gasteiger partial charge in [0, 0.05) is 19.7 Å². The summed E-state index contributed by atoms with van der Waals surface area (Å²) in [6.45, 7) is 3.64. The minimum absolute atomic E-state index is 0.161. The molecule has 1 aromatic heterocycles. The molecule has 0 spiro atoms. The van der Waals surface area contributed by atoms with Gasteiger partial charge in [0.2, 0.25) is 0 Å². The minimum atomic E-state index is -2.38. The molecule has 0 fully saturated rings. The van der Waals surface area contributed by atoms with E-state index >= 15 is 0 Å². The molecule has 1 N–H and O–H groups in total. The Morgan fingerprint density at radius 2 is 2.00 bits per heavy atom. The zero-order chi connectivity index (χ0) is 13.0. The van der Waals surface area contributed by atoms with E-state index in [2.05, 4.69) is 15.3 Å². The van der Waals surface area contributed by atoms with Crippen LogP contribution in [0.1, 0.15) is 25.3 Å². The van der Waals surface area contributed by atoms with Crippen LogP contribution in [0, 0.1) is 0 Å². The van der Waals surface area contributed by atoms with E-state index in [-0.39, 0.29) is 12.5 Å². The van der Waals surface area contributed by atoms with Gasteiger partial charge in [-0.1, -0.05) is 13.8 Å². The normalized spacial score (nSPS) is 11.1. The fourth-order valence-corrected chi connectivity index (χ4v) is 1.71. The Bertz CT molecular complexity index is 368. The van der Waals surface area contributed by atoms with Gasteiger partial charge in [0.1, 0.15) is 18.0 Å². The van der Waals surface area contributed by atoms with Crippen molar-refractivity contribution in [3.8, 4) is 0 Å². The Morgan fingerprint density at radius 3 is 2.47 bits per heavy atom. The first-order valence-electron chi connectivity index (χ1n) is 5.49. The standard InChI is InChI=1S/C11H18F2N4/c1-7(2)9-10(14-3)15-6-16-11(9)17(4)5-8(12)13/h6-8H,5H2,1-4H3,(H,14,15,16). The van der Waals surface area contributed by atoms with Crippen molar-refractivity contribution < 1.29 is 8.78 Å². The van der Waals surface area contributed by atoms with Crippen LogP contribution in [0.15, 0.2) is 6.33 Å². The van der Waals surface area contributed by atoms with E-state index in [4.69, 9.17) is 0 Å². The largest absolute Gasteiger partial charge is 0.373 e. The molecule has 0 aliphatic heterocycles. The molecule has 6 heteroatoms. The van der Waals surface area contributed by atoms with Gasteiger partial charge < -0.3 is 10.2 Å². The first-order chi connectivity index (χ1) is 7.97. The maximum atomic E-state index is 12.4. The molecule has 96 valence electrons. The summed E-state index contributed by atoms with van der Waals surface area (Å²) in [6, 6.07) is 0. The summed E-state index contributed by atoms with van der Waals surface area (Å²) in [6.07, 6.45) is -0.998. The van der Waals surface area contributed by atoms with Gasteiger partial charge in [0.15, 0.2) is 0 Å². The summed E-state index contributed by atoms with van der Waals surface area (Å²) in [5.74, 6) is 1.40. The third-order valence-corrected chi connectivity index (χ3v) is 2.45. The minimum Gasteiger partial charge on any atom is -0.373 e. The Labute approximate surface area is 100 Å². The molecular formula is C11H18F2N4. The molecule has 4 nitrogen and oxygen atoms in total.